The van der Waals surface area contributed by atoms with Crippen molar-refractivity contribution in [3.8, 4) is 12.3 Å². The normalized spacial score (nSPS) is 9.71. The zero-order chi connectivity index (χ0) is 12.7. The van der Waals surface area contributed by atoms with Crippen LogP contribution in [0.1, 0.15) is 35.2 Å². The maximum atomic E-state index is 13.6. The number of carbonyl (C=O) groups excluding carboxylic acids is 1. The fraction of sp³-hybridized carbons (Fsp3) is 0.357. The zero-order valence-corrected chi connectivity index (χ0v) is 9.92. The number of nitrogens with one attached hydrogen (secondary N) is 1. The average Bonchev–Trinajstić information content (AvgIpc) is 2.32. The van der Waals surface area contributed by atoms with Crippen molar-refractivity contribution in [3.63, 3.8) is 0 Å². The van der Waals surface area contributed by atoms with Crippen molar-refractivity contribution < 1.29 is 9.18 Å². The fourth-order valence-electron chi connectivity index (χ4n) is 1.47. The predicted molar refractivity (Wildman–Crippen MR) is 66.2 cm³/mol. The second-order valence-corrected chi connectivity index (χ2v) is 3.85. The van der Waals surface area contributed by atoms with Crippen molar-refractivity contribution in [3.05, 3.63) is 35.1 Å². The first kappa shape index (κ1) is 13.2. The number of terminal acetylenes is 1. The van der Waals surface area contributed by atoms with Crippen LogP contribution in [0.25, 0.3) is 0 Å². The van der Waals surface area contributed by atoms with E-state index in [1.807, 2.05) is 0 Å². The molecule has 17 heavy (non-hydrogen) atoms. The highest BCUT2D eigenvalue weighted by atomic mass is 19.1. The number of halogens is 1. The summed E-state index contributed by atoms with van der Waals surface area (Å²) in [5.74, 6) is 1.71. The van der Waals surface area contributed by atoms with Crippen LogP contribution in [-0.4, -0.2) is 12.5 Å². The van der Waals surface area contributed by atoms with Gasteiger partial charge in [0.15, 0.2) is 0 Å². The molecule has 0 spiro atoms. The van der Waals surface area contributed by atoms with Gasteiger partial charge in [0.25, 0.3) is 5.91 Å². The minimum Gasteiger partial charge on any atom is -0.352 e. The number of rotatable bonds is 5. The van der Waals surface area contributed by atoms with Gasteiger partial charge >= 0.3 is 0 Å². The molecule has 0 heterocycles. The van der Waals surface area contributed by atoms with Crippen molar-refractivity contribution in [2.75, 3.05) is 6.54 Å². The Balaban J connectivity index is 2.48. The van der Waals surface area contributed by atoms with Gasteiger partial charge < -0.3 is 5.32 Å². The lowest BCUT2D eigenvalue weighted by Gasteiger charge is -2.06. The Kier molecular flexibility index (Phi) is 5.22. The van der Waals surface area contributed by atoms with Gasteiger partial charge in [-0.25, -0.2) is 4.39 Å². The lowest BCUT2D eigenvalue weighted by Crippen LogP contribution is -2.25. The highest BCUT2D eigenvalue weighted by molar-refractivity contribution is 5.94. The molecule has 0 aliphatic carbocycles. The Morgan fingerprint density at radius 2 is 2.24 bits per heavy atom. The Labute approximate surface area is 101 Å². The monoisotopic (exact) mass is 233 g/mol. The number of carbonyl (C=O) groups is 1. The van der Waals surface area contributed by atoms with E-state index in [4.69, 9.17) is 6.42 Å². The van der Waals surface area contributed by atoms with Crippen molar-refractivity contribution in [2.45, 2.75) is 26.2 Å². The smallest absolute Gasteiger partial charge is 0.254 e. The summed E-state index contributed by atoms with van der Waals surface area (Å²) in [6.07, 6.45) is 7.49. The van der Waals surface area contributed by atoms with Crippen LogP contribution in [-0.2, 0) is 0 Å². The van der Waals surface area contributed by atoms with Crippen LogP contribution in [0.3, 0.4) is 0 Å². The van der Waals surface area contributed by atoms with Gasteiger partial charge in [0.05, 0.1) is 5.56 Å². The summed E-state index contributed by atoms with van der Waals surface area (Å²) in [7, 11) is 0. The third-order valence-electron chi connectivity index (χ3n) is 2.47. The molecule has 1 aromatic carbocycles. The van der Waals surface area contributed by atoms with Gasteiger partial charge in [-0.05, 0) is 31.4 Å². The van der Waals surface area contributed by atoms with E-state index < -0.39 is 5.82 Å². The molecular weight excluding hydrogens is 217 g/mol. The molecule has 3 heteroatoms. The molecule has 1 amide bonds. The van der Waals surface area contributed by atoms with Gasteiger partial charge in [0.2, 0.25) is 0 Å². The molecule has 90 valence electrons. The first-order valence-corrected chi connectivity index (χ1v) is 5.63. The summed E-state index contributed by atoms with van der Waals surface area (Å²) < 4.78 is 13.6. The van der Waals surface area contributed by atoms with Crippen molar-refractivity contribution in [1.29, 1.82) is 0 Å². The van der Waals surface area contributed by atoms with E-state index in [9.17, 15) is 9.18 Å². The lowest BCUT2D eigenvalue weighted by molar-refractivity contribution is 0.0949. The van der Waals surface area contributed by atoms with E-state index in [0.717, 1.165) is 12.8 Å². The van der Waals surface area contributed by atoms with E-state index in [1.54, 1.807) is 19.1 Å². The predicted octanol–water partition coefficient (Wildman–Crippen LogP) is 2.67. The molecule has 0 unspecified atom stereocenters. The number of unbranched alkanes of at least 4 members (excludes halogenated alkanes) is 2. The summed E-state index contributed by atoms with van der Waals surface area (Å²) in [6, 6.07) is 4.80. The molecule has 1 N–H and O–H groups in total. The van der Waals surface area contributed by atoms with E-state index in [0.29, 0.717) is 18.5 Å². The Morgan fingerprint density at radius 3 is 2.94 bits per heavy atom. The summed E-state index contributed by atoms with van der Waals surface area (Å²) >= 11 is 0. The van der Waals surface area contributed by atoms with E-state index in [1.165, 1.54) is 6.07 Å². The van der Waals surface area contributed by atoms with E-state index in [2.05, 4.69) is 11.2 Å². The minimum atomic E-state index is -0.450. The molecule has 2 nitrogen and oxygen atoms in total. The topological polar surface area (TPSA) is 29.1 Å². The van der Waals surface area contributed by atoms with Crippen LogP contribution in [0, 0.1) is 25.1 Å². The molecule has 0 bridgehead atoms. The van der Waals surface area contributed by atoms with Crippen molar-refractivity contribution in [2.24, 2.45) is 0 Å². The summed E-state index contributed by atoms with van der Waals surface area (Å²) in [5, 5.41) is 2.68. The number of hydrogen-bond donors (Lipinski definition) is 1. The zero-order valence-electron chi connectivity index (χ0n) is 9.92. The van der Waals surface area contributed by atoms with Crippen LogP contribution in [0.2, 0.25) is 0 Å². The number of hydrogen-bond acceptors (Lipinski definition) is 1. The first-order valence-electron chi connectivity index (χ1n) is 5.63. The van der Waals surface area contributed by atoms with Crippen LogP contribution >= 0.6 is 0 Å². The maximum Gasteiger partial charge on any atom is 0.254 e. The molecule has 0 aromatic heterocycles. The molecule has 0 fully saturated rings. The molecule has 0 atom stereocenters. The molecule has 0 saturated carbocycles. The van der Waals surface area contributed by atoms with E-state index in [-0.39, 0.29) is 11.5 Å². The quantitative estimate of drug-likeness (QED) is 0.615. The molecule has 1 aromatic rings. The van der Waals surface area contributed by atoms with Crippen molar-refractivity contribution in [1.82, 2.24) is 5.32 Å². The molecular formula is C14H16FNO. The van der Waals surface area contributed by atoms with Gasteiger partial charge in [-0.15, -0.1) is 12.3 Å². The molecule has 0 radical (unpaired) electrons. The van der Waals surface area contributed by atoms with Gasteiger partial charge in [-0.2, -0.15) is 0 Å². The Bertz CT molecular complexity index is 434. The summed E-state index contributed by atoms with van der Waals surface area (Å²) in [5.41, 5.74) is 0.576. The van der Waals surface area contributed by atoms with Crippen molar-refractivity contribution >= 4 is 5.91 Å². The van der Waals surface area contributed by atoms with Gasteiger partial charge in [0.1, 0.15) is 5.82 Å². The third kappa shape index (κ3) is 3.92. The van der Waals surface area contributed by atoms with Gasteiger partial charge in [0, 0.05) is 13.0 Å². The second-order valence-electron chi connectivity index (χ2n) is 3.85. The minimum absolute atomic E-state index is 0.0990. The summed E-state index contributed by atoms with van der Waals surface area (Å²) in [4.78, 5) is 11.7. The second kappa shape index (κ2) is 6.70. The van der Waals surface area contributed by atoms with Crippen LogP contribution in [0.5, 0.6) is 0 Å². The average molecular weight is 233 g/mol. The van der Waals surface area contributed by atoms with Gasteiger partial charge in [-0.1, -0.05) is 12.1 Å². The highest BCUT2D eigenvalue weighted by Crippen LogP contribution is 2.11. The first-order chi connectivity index (χ1) is 8.16. The molecule has 0 aliphatic heterocycles. The third-order valence-corrected chi connectivity index (χ3v) is 2.47. The Morgan fingerprint density at radius 1 is 1.47 bits per heavy atom. The van der Waals surface area contributed by atoms with Crippen LogP contribution in [0.15, 0.2) is 18.2 Å². The fourth-order valence-corrected chi connectivity index (χ4v) is 1.47. The largest absolute Gasteiger partial charge is 0.352 e. The van der Waals surface area contributed by atoms with Crippen LogP contribution in [0.4, 0.5) is 4.39 Å². The summed E-state index contributed by atoms with van der Waals surface area (Å²) in [6.45, 7) is 2.16. The lowest BCUT2D eigenvalue weighted by atomic mass is 10.1. The highest BCUT2D eigenvalue weighted by Gasteiger charge is 2.11. The molecule has 0 aliphatic rings. The Hall–Kier alpha value is -1.82. The number of benzene rings is 1. The standard InChI is InChI=1S/C14H16FNO/c1-3-4-5-6-10-16-14(17)12-9-7-8-11(2)13(12)15/h1,7-9H,4-6,10H2,2H3,(H,16,17). The van der Waals surface area contributed by atoms with Gasteiger partial charge in [-0.3, -0.25) is 4.79 Å². The SMILES string of the molecule is C#CCCCCNC(=O)c1cccc(C)c1F. The molecule has 1 rings (SSSR count). The van der Waals surface area contributed by atoms with Crippen LogP contribution < -0.4 is 5.32 Å². The number of aryl methyl sites for hydroxylation is 1. The number of amides is 1. The molecule has 0 saturated heterocycles. The maximum absolute atomic E-state index is 13.6. The van der Waals surface area contributed by atoms with E-state index >= 15 is 0 Å².